The molecule has 0 aromatic heterocycles. The van der Waals surface area contributed by atoms with Gasteiger partial charge in [-0.15, -0.1) is 0 Å². The third-order valence-electron chi connectivity index (χ3n) is 4.13. The van der Waals surface area contributed by atoms with Gasteiger partial charge in [0.2, 0.25) is 6.41 Å². The topological polar surface area (TPSA) is 73.9 Å². The first-order valence-electron chi connectivity index (χ1n) is 7.57. The first-order valence-corrected chi connectivity index (χ1v) is 8.08. The van der Waals surface area contributed by atoms with E-state index in [1.54, 1.807) is 4.67 Å². The lowest BCUT2D eigenvalue weighted by molar-refractivity contribution is -0.121. The van der Waals surface area contributed by atoms with Gasteiger partial charge in [-0.2, -0.15) is 0 Å². The highest BCUT2D eigenvalue weighted by atomic mass is 31.0. The molecule has 3 saturated heterocycles. The molecule has 7 nitrogen and oxygen atoms in total. The summed E-state index contributed by atoms with van der Waals surface area (Å²) in [6, 6.07) is 0.666. The zero-order valence-electron chi connectivity index (χ0n) is 12.3. The molecule has 0 aliphatic carbocycles. The molecule has 3 fully saturated rings. The minimum atomic E-state index is 0.188. The molecule has 3 aliphatic rings. The van der Waals surface area contributed by atoms with Crippen LogP contribution in [0.4, 0.5) is 4.79 Å². The Balaban J connectivity index is 0.000000154. The molecule has 0 spiro atoms. The number of rotatable bonds is 4. The summed E-state index contributed by atoms with van der Waals surface area (Å²) in [7, 11) is 2.50. The molecule has 2 bridgehead atoms. The Morgan fingerprint density at radius 2 is 2.29 bits per heavy atom. The summed E-state index contributed by atoms with van der Waals surface area (Å²) in [5.74, 6) is 0.552. The van der Waals surface area contributed by atoms with E-state index in [1.807, 2.05) is 4.90 Å². The Bertz CT molecular complexity index is 348. The molecule has 8 heteroatoms. The number of nitrogens with one attached hydrogen (secondary N) is 2. The number of hydrogen-bond donors (Lipinski definition) is 2. The summed E-state index contributed by atoms with van der Waals surface area (Å²) in [6.07, 6.45) is 5.28. The second kappa shape index (κ2) is 8.51. The minimum Gasteiger partial charge on any atom is -0.322 e. The Morgan fingerprint density at radius 1 is 1.43 bits per heavy atom. The van der Waals surface area contributed by atoms with Crippen LogP contribution in [0.2, 0.25) is 0 Å². The third kappa shape index (κ3) is 4.80. The zero-order valence-corrected chi connectivity index (χ0v) is 13.4. The lowest BCUT2D eigenvalue weighted by Gasteiger charge is -2.21. The van der Waals surface area contributed by atoms with Crippen LogP contribution < -0.4 is 10.8 Å². The number of piperidine rings is 2. The molecule has 3 unspecified atom stereocenters. The van der Waals surface area contributed by atoms with Gasteiger partial charge in [-0.05, 0) is 47.5 Å². The molecule has 120 valence electrons. The maximum absolute atomic E-state index is 11.2. The Morgan fingerprint density at radius 3 is 2.90 bits per heavy atom. The van der Waals surface area contributed by atoms with Gasteiger partial charge < -0.3 is 14.9 Å². The molecule has 0 aromatic rings. The Kier molecular flexibility index (Phi) is 6.67. The predicted octanol–water partition coefficient (Wildman–Crippen LogP) is 0.340. The summed E-state index contributed by atoms with van der Waals surface area (Å²) in [5, 5.41) is 3.27. The van der Waals surface area contributed by atoms with E-state index >= 15 is 0 Å². The van der Waals surface area contributed by atoms with Crippen LogP contribution in [0.25, 0.3) is 0 Å². The van der Waals surface area contributed by atoms with E-state index in [1.165, 1.54) is 25.7 Å². The van der Waals surface area contributed by atoms with E-state index in [0.29, 0.717) is 25.0 Å². The van der Waals surface area contributed by atoms with E-state index in [2.05, 4.69) is 20.2 Å². The van der Waals surface area contributed by atoms with Crippen LogP contribution in [0.15, 0.2) is 0 Å². The average molecular weight is 316 g/mol. The fourth-order valence-electron chi connectivity index (χ4n) is 2.94. The van der Waals surface area contributed by atoms with Crippen molar-refractivity contribution < 1.29 is 14.4 Å². The largest absolute Gasteiger partial charge is 0.323 e. The second-order valence-electron chi connectivity index (χ2n) is 5.69. The van der Waals surface area contributed by atoms with Crippen LogP contribution in [-0.4, -0.2) is 60.8 Å². The molecule has 0 aromatic carbocycles. The van der Waals surface area contributed by atoms with Crippen LogP contribution in [0.3, 0.4) is 0 Å². The van der Waals surface area contributed by atoms with Crippen LogP contribution >= 0.6 is 9.39 Å². The van der Waals surface area contributed by atoms with Crippen molar-refractivity contribution in [1.82, 2.24) is 20.4 Å². The summed E-state index contributed by atoms with van der Waals surface area (Å²) in [4.78, 5) is 27.8. The van der Waals surface area contributed by atoms with Crippen molar-refractivity contribution in [2.24, 2.45) is 5.92 Å². The number of carbonyl (C=O) groups excluding carboxylic acids is 2. The number of nitrogens with zero attached hydrogens (tertiary/aromatic N) is 2. The fourth-order valence-corrected chi connectivity index (χ4v) is 3.35. The van der Waals surface area contributed by atoms with Crippen LogP contribution in [0.1, 0.15) is 25.7 Å². The van der Waals surface area contributed by atoms with Crippen molar-refractivity contribution in [1.29, 1.82) is 0 Å². The SMILES string of the molecule is O=C1N2CCCC(C2)N1P.O=CNOCC1CCCNC1. The molecule has 3 rings (SSSR count). The lowest BCUT2D eigenvalue weighted by Crippen LogP contribution is -2.33. The van der Waals surface area contributed by atoms with Gasteiger partial charge >= 0.3 is 6.03 Å². The molecular weight excluding hydrogens is 291 g/mol. The van der Waals surface area contributed by atoms with Crippen molar-refractivity contribution in [2.75, 3.05) is 32.8 Å². The number of carbonyl (C=O) groups is 2. The molecule has 3 amide bonds. The minimum absolute atomic E-state index is 0.188. The van der Waals surface area contributed by atoms with Crippen molar-refractivity contribution in [3.8, 4) is 0 Å². The number of hydroxylamine groups is 1. The van der Waals surface area contributed by atoms with Crippen molar-refractivity contribution >= 4 is 21.8 Å². The molecule has 0 radical (unpaired) electrons. The van der Waals surface area contributed by atoms with E-state index in [9.17, 15) is 9.59 Å². The number of urea groups is 1. The van der Waals surface area contributed by atoms with E-state index in [4.69, 9.17) is 4.84 Å². The Labute approximate surface area is 128 Å². The van der Waals surface area contributed by atoms with Crippen molar-refractivity contribution in [3.63, 3.8) is 0 Å². The van der Waals surface area contributed by atoms with E-state index in [0.717, 1.165) is 26.2 Å². The molecule has 0 saturated carbocycles. The normalized spacial score (nSPS) is 28.0. The first-order chi connectivity index (χ1) is 10.2. The third-order valence-corrected chi connectivity index (χ3v) is 4.77. The van der Waals surface area contributed by atoms with Crippen molar-refractivity contribution in [2.45, 2.75) is 31.7 Å². The number of hydrogen-bond acceptors (Lipinski definition) is 4. The monoisotopic (exact) mass is 316 g/mol. The fraction of sp³-hybridized carbons (Fsp3) is 0.846. The van der Waals surface area contributed by atoms with Gasteiger partial charge in [-0.25, -0.2) is 10.3 Å². The highest BCUT2D eigenvalue weighted by Crippen LogP contribution is 2.27. The van der Waals surface area contributed by atoms with Gasteiger partial charge in [-0.3, -0.25) is 9.63 Å². The zero-order chi connectivity index (χ0) is 15.1. The molecule has 2 N–H and O–H groups in total. The average Bonchev–Trinajstić information content (AvgIpc) is 2.73. The summed E-state index contributed by atoms with van der Waals surface area (Å²) in [5.41, 5.74) is 2.19. The van der Waals surface area contributed by atoms with Gasteiger partial charge in [0.1, 0.15) is 0 Å². The highest BCUT2D eigenvalue weighted by molar-refractivity contribution is 7.14. The summed E-state index contributed by atoms with van der Waals surface area (Å²) in [6.45, 7) is 4.63. The standard InChI is InChI=1S/C7H14N2O2.C6H11N2OP/c10-6-9-11-5-7-2-1-3-8-4-7;9-6-7-3-1-2-5(4-7)8(6)10/h6-8H,1-5H2,(H,9,10);5H,1-4,10H2. The van der Waals surface area contributed by atoms with Gasteiger partial charge in [0.15, 0.2) is 0 Å². The summed E-state index contributed by atoms with van der Waals surface area (Å²) >= 11 is 0. The van der Waals surface area contributed by atoms with Gasteiger partial charge in [0, 0.05) is 19.6 Å². The first kappa shape index (κ1) is 16.5. The van der Waals surface area contributed by atoms with E-state index in [-0.39, 0.29) is 6.03 Å². The maximum Gasteiger partial charge on any atom is 0.323 e. The molecule has 3 atom stereocenters. The number of fused-ring (bicyclic) bond motifs is 2. The summed E-state index contributed by atoms with van der Waals surface area (Å²) < 4.78 is 1.78. The van der Waals surface area contributed by atoms with Gasteiger partial charge in [0.25, 0.3) is 0 Å². The van der Waals surface area contributed by atoms with Crippen LogP contribution in [0, 0.1) is 5.92 Å². The van der Waals surface area contributed by atoms with Crippen molar-refractivity contribution in [3.05, 3.63) is 0 Å². The molecule has 21 heavy (non-hydrogen) atoms. The van der Waals surface area contributed by atoms with Gasteiger partial charge in [-0.1, -0.05) is 0 Å². The predicted molar refractivity (Wildman–Crippen MR) is 82.3 cm³/mol. The van der Waals surface area contributed by atoms with Gasteiger partial charge in [0.05, 0.1) is 12.6 Å². The quantitative estimate of drug-likeness (QED) is 0.339. The van der Waals surface area contributed by atoms with E-state index < -0.39 is 0 Å². The smallest absolute Gasteiger partial charge is 0.322 e. The lowest BCUT2D eigenvalue weighted by atomic mass is 10.0. The van der Waals surface area contributed by atoms with Crippen LogP contribution in [-0.2, 0) is 9.63 Å². The highest BCUT2D eigenvalue weighted by Gasteiger charge is 2.37. The Hall–Kier alpha value is -0.910. The second-order valence-corrected chi connectivity index (χ2v) is 6.25. The molecule has 3 heterocycles. The molecular formula is C13H25N4O3P. The van der Waals surface area contributed by atoms with Crippen LogP contribution in [0.5, 0.6) is 0 Å². The number of amides is 3. The molecule has 3 aliphatic heterocycles. The maximum atomic E-state index is 11.2.